The molecule has 0 N–H and O–H groups in total. The maximum atomic E-state index is 13.0. The number of carbonyl (C=O) groups excluding carboxylic acids is 2. The van der Waals surface area contributed by atoms with Gasteiger partial charge in [0.15, 0.2) is 11.9 Å². The number of fused-ring (bicyclic) bond motifs is 1. The second kappa shape index (κ2) is 6.70. The first kappa shape index (κ1) is 18.1. The van der Waals surface area contributed by atoms with Crippen LogP contribution in [0.3, 0.4) is 0 Å². The number of hydrogen-bond acceptors (Lipinski definition) is 6. The van der Waals surface area contributed by atoms with E-state index in [1.165, 1.54) is 10.7 Å². The van der Waals surface area contributed by atoms with E-state index in [9.17, 15) is 9.59 Å². The Morgan fingerprint density at radius 2 is 2.11 bits per heavy atom. The Kier molecular flexibility index (Phi) is 4.33. The first-order valence-electron chi connectivity index (χ1n) is 9.14. The highest BCUT2D eigenvalue weighted by Crippen LogP contribution is 2.35. The summed E-state index contributed by atoms with van der Waals surface area (Å²) in [6.07, 6.45) is 6.85. The summed E-state index contributed by atoms with van der Waals surface area (Å²) >= 11 is 0. The third-order valence-corrected chi connectivity index (χ3v) is 4.31. The van der Waals surface area contributed by atoms with Crippen LogP contribution < -0.4 is 4.90 Å². The van der Waals surface area contributed by atoms with E-state index in [0.29, 0.717) is 29.0 Å². The summed E-state index contributed by atoms with van der Waals surface area (Å²) < 4.78 is 7.15. The number of anilines is 1. The van der Waals surface area contributed by atoms with Gasteiger partial charge in [0, 0.05) is 30.1 Å². The number of nitrogens with zero attached hydrogens (tertiary/aromatic N) is 5. The fraction of sp³-hybridized carbons (Fsp3) is 0.350. The van der Waals surface area contributed by atoms with Crippen molar-refractivity contribution in [1.82, 2.24) is 19.6 Å². The Balaban J connectivity index is 1.90. The van der Waals surface area contributed by atoms with Crippen molar-refractivity contribution in [3.8, 4) is 11.3 Å². The highest BCUT2D eigenvalue weighted by Gasteiger charge is 2.38. The molecule has 3 aromatic rings. The van der Waals surface area contributed by atoms with E-state index in [4.69, 9.17) is 4.74 Å². The lowest BCUT2D eigenvalue weighted by Gasteiger charge is -2.27. The van der Waals surface area contributed by atoms with Gasteiger partial charge in [0.05, 0.1) is 17.5 Å². The first-order chi connectivity index (χ1) is 13.4. The lowest BCUT2D eigenvalue weighted by Crippen LogP contribution is -2.39. The van der Waals surface area contributed by atoms with Crippen LogP contribution in [0, 0.1) is 0 Å². The predicted molar refractivity (Wildman–Crippen MR) is 103 cm³/mol. The maximum absolute atomic E-state index is 13.0. The predicted octanol–water partition coefficient (Wildman–Crippen LogP) is 3.51. The van der Waals surface area contributed by atoms with Crippen LogP contribution in [0.2, 0.25) is 0 Å². The Morgan fingerprint density at radius 3 is 2.71 bits per heavy atom. The van der Waals surface area contributed by atoms with Crippen molar-refractivity contribution in [2.45, 2.75) is 45.3 Å². The van der Waals surface area contributed by atoms with Gasteiger partial charge in [-0.3, -0.25) is 14.7 Å². The molecule has 1 aliphatic carbocycles. The molecule has 1 saturated carbocycles. The summed E-state index contributed by atoms with van der Waals surface area (Å²) in [6, 6.07) is 5.51. The molecule has 0 aromatic carbocycles. The normalized spacial score (nSPS) is 14.1. The van der Waals surface area contributed by atoms with Gasteiger partial charge in [-0.1, -0.05) is 0 Å². The fourth-order valence-electron chi connectivity index (χ4n) is 2.95. The van der Waals surface area contributed by atoms with E-state index in [2.05, 4.69) is 15.1 Å². The van der Waals surface area contributed by atoms with Gasteiger partial charge in [0.2, 0.25) is 0 Å². The number of aldehydes is 1. The van der Waals surface area contributed by atoms with E-state index in [0.717, 1.165) is 18.4 Å². The molecular weight excluding hydrogens is 358 g/mol. The molecule has 0 aliphatic heterocycles. The fourth-order valence-corrected chi connectivity index (χ4v) is 2.95. The summed E-state index contributed by atoms with van der Waals surface area (Å²) in [5, 5.41) is 4.29. The average molecular weight is 379 g/mol. The Hall–Kier alpha value is -3.29. The number of pyridine rings is 1. The zero-order chi connectivity index (χ0) is 19.9. The maximum Gasteiger partial charge on any atom is 0.416 e. The number of aromatic nitrogens is 4. The molecule has 144 valence electrons. The van der Waals surface area contributed by atoms with E-state index in [-0.39, 0.29) is 6.04 Å². The monoisotopic (exact) mass is 379 g/mol. The third-order valence-electron chi connectivity index (χ3n) is 4.31. The molecule has 1 aliphatic rings. The SMILES string of the molecule is CC(C)(C)OC(=O)N(c1cc(-c2cccnc2)nc2c(C=O)cnn12)C1CC1. The summed E-state index contributed by atoms with van der Waals surface area (Å²) in [5.74, 6) is 0.522. The molecule has 0 unspecified atom stereocenters. The summed E-state index contributed by atoms with van der Waals surface area (Å²) in [4.78, 5) is 34.8. The minimum Gasteiger partial charge on any atom is -0.443 e. The van der Waals surface area contributed by atoms with Crippen molar-refractivity contribution >= 4 is 23.8 Å². The highest BCUT2D eigenvalue weighted by atomic mass is 16.6. The molecule has 0 atom stereocenters. The van der Waals surface area contributed by atoms with Gasteiger partial charge in [-0.15, -0.1) is 0 Å². The van der Waals surface area contributed by atoms with Gasteiger partial charge < -0.3 is 4.74 Å². The molecule has 0 saturated heterocycles. The van der Waals surface area contributed by atoms with Crippen molar-refractivity contribution in [1.29, 1.82) is 0 Å². The first-order valence-corrected chi connectivity index (χ1v) is 9.14. The Morgan fingerprint density at radius 1 is 1.32 bits per heavy atom. The van der Waals surface area contributed by atoms with Crippen molar-refractivity contribution in [2.75, 3.05) is 4.90 Å². The highest BCUT2D eigenvalue weighted by molar-refractivity contribution is 5.91. The summed E-state index contributed by atoms with van der Waals surface area (Å²) in [5.41, 5.74) is 1.51. The number of carbonyl (C=O) groups is 2. The van der Waals surface area contributed by atoms with E-state index < -0.39 is 11.7 Å². The molecule has 3 heterocycles. The number of rotatable bonds is 4. The van der Waals surface area contributed by atoms with E-state index in [1.54, 1.807) is 23.4 Å². The van der Waals surface area contributed by atoms with Crippen LogP contribution in [0.5, 0.6) is 0 Å². The van der Waals surface area contributed by atoms with Crippen molar-refractivity contribution in [2.24, 2.45) is 0 Å². The molecule has 1 amide bonds. The third kappa shape index (κ3) is 3.45. The van der Waals surface area contributed by atoms with Crippen LogP contribution in [-0.2, 0) is 4.74 Å². The molecule has 8 nitrogen and oxygen atoms in total. The summed E-state index contributed by atoms with van der Waals surface area (Å²) in [6.45, 7) is 5.49. The molecule has 4 rings (SSSR count). The van der Waals surface area contributed by atoms with Crippen LogP contribution in [-0.4, -0.2) is 43.6 Å². The van der Waals surface area contributed by atoms with Crippen LogP contribution >= 0.6 is 0 Å². The average Bonchev–Trinajstić information content (AvgIpc) is 3.39. The van der Waals surface area contributed by atoms with Gasteiger partial charge in [0.25, 0.3) is 0 Å². The quantitative estimate of drug-likeness (QED) is 0.645. The Labute approximate surface area is 162 Å². The second-order valence-corrected chi connectivity index (χ2v) is 7.78. The van der Waals surface area contributed by atoms with Crippen LogP contribution in [0.25, 0.3) is 16.9 Å². The lowest BCUT2D eigenvalue weighted by molar-refractivity contribution is 0.0576. The molecule has 1 fully saturated rings. The molecular formula is C20H21N5O3. The number of hydrogen-bond donors (Lipinski definition) is 0. The molecule has 0 bridgehead atoms. The van der Waals surface area contributed by atoms with E-state index >= 15 is 0 Å². The van der Waals surface area contributed by atoms with Crippen LogP contribution in [0.4, 0.5) is 10.6 Å². The van der Waals surface area contributed by atoms with Gasteiger partial charge in [-0.05, 0) is 45.7 Å². The number of amides is 1. The zero-order valence-corrected chi connectivity index (χ0v) is 16.0. The van der Waals surface area contributed by atoms with Crippen molar-refractivity contribution in [3.63, 3.8) is 0 Å². The molecule has 0 spiro atoms. The summed E-state index contributed by atoms with van der Waals surface area (Å²) in [7, 11) is 0. The van der Waals surface area contributed by atoms with Gasteiger partial charge in [-0.2, -0.15) is 9.61 Å². The van der Waals surface area contributed by atoms with Gasteiger partial charge in [0.1, 0.15) is 11.4 Å². The van der Waals surface area contributed by atoms with E-state index in [1.807, 2.05) is 32.9 Å². The number of ether oxygens (including phenoxy) is 1. The standard InChI is InChI=1S/C20H21N5O3/c1-20(2,3)28-19(27)24(15-6-7-15)17-9-16(13-5-4-8-21-10-13)23-18-14(12-26)11-22-25(17)18/h4-5,8-12,15H,6-7H2,1-3H3. The Bertz CT molecular complexity index is 1040. The van der Waals surface area contributed by atoms with Crippen molar-refractivity contribution < 1.29 is 14.3 Å². The van der Waals surface area contributed by atoms with Crippen molar-refractivity contribution in [3.05, 3.63) is 42.4 Å². The lowest BCUT2D eigenvalue weighted by atomic mass is 10.2. The topological polar surface area (TPSA) is 89.7 Å². The van der Waals surface area contributed by atoms with Crippen LogP contribution in [0.1, 0.15) is 44.0 Å². The van der Waals surface area contributed by atoms with Crippen LogP contribution in [0.15, 0.2) is 36.8 Å². The smallest absolute Gasteiger partial charge is 0.416 e. The van der Waals surface area contributed by atoms with Gasteiger partial charge in [-0.25, -0.2) is 9.78 Å². The molecule has 8 heteroatoms. The molecule has 0 radical (unpaired) electrons. The van der Waals surface area contributed by atoms with Gasteiger partial charge >= 0.3 is 6.09 Å². The minimum atomic E-state index is -0.624. The molecule has 3 aromatic heterocycles. The zero-order valence-electron chi connectivity index (χ0n) is 16.0. The molecule has 28 heavy (non-hydrogen) atoms. The second-order valence-electron chi connectivity index (χ2n) is 7.78. The largest absolute Gasteiger partial charge is 0.443 e. The minimum absolute atomic E-state index is 0.0334.